The third-order valence-electron chi connectivity index (χ3n) is 19.0. The molecule has 2 N–H and O–H groups in total. The van der Waals surface area contributed by atoms with Gasteiger partial charge in [0.2, 0.25) is 5.78 Å². The van der Waals surface area contributed by atoms with E-state index in [1.165, 1.54) is 29.2 Å². The number of alkyl halides is 6. The highest BCUT2D eigenvalue weighted by atomic mass is 35.5. The monoisotopic (exact) mass is 969 g/mol. The number of amides is 1. The fourth-order valence-corrected chi connectivity index (χ4v) is 14.9. The molecule has 1 aliphatic heterocycles. The number of hydrogen-bond donors (Lipinski definition) is 2. The van der Waals surface area contributed by atoms with E-state index in [0.717, 1.165) is 30.3 Å². The number of nitrogens with zero attached hydrogens (tertiary/aromatic N) is 1. The van der Waals surface area contributed by atoms with E-state index in [0.29, 0.717) is 56.1 Å². The fraction of sp³-hybridized carbons (Fsp3) is 0.558. The van der Waals surface area contributed by atoms with Gasteiger partial charge in [0.05, 0.1) is 34.3 Å². The number of allylic oxidation sites excluding steroid dienone is 4. The number of aliphatic hydroxyl groups excluding tert-OH is 1. The van der Waals surface area contributed by atoms with Crippen LogP contribution in [0.3, 0.4) is 0 Å². The Morgan fingerprint density at radius 1 is 0.853 bits per heavy atom. The molecule has 16 heteroatoms. The Kier molecular flexibility index (Phi) is 10.2. The molecular weight excluding hydrogens is 916 g/mol. The number of furan rings is 1. The average Bonchev–Trinajstić information content (AvgIpc) is 3.94. The van der Waals surface area contributed by atoms with Gasteiger partial charge in [0, 0.05) is 39.3 Å². The summed E-state index contributed by atoms with van der Waals surface area (Å²) in [6, 6.07) is 10.9. The third-order valence-corrected chi connectivity index (χ3v) is 19.4. The molecule has 5 fully saturated rings. The third kappa shape index (κ3) is 6.31. The van der Waals surface area contributed by atoms with E-state index in [1.807, 2.05) is 26.8 Å². The molecule has 8 aliphatic rings. The van der Waals surface area contributed by atoms with Crippen LogP contribution in [-0.4, -0.2) is 63.0 Å². The molecule has 0 radical (unpaired) electrons. The number of carbonyl (C=O) groups is 3. The molecular formula is C52H54ClF6NO8. The number of halogens is 7. The van der Waals surface area contributed by atoms with Crippen molar-refractivity contribution in [2.45, 2.75) is 129 Å². The van der Waals surface area contributed by atoms with E-state index < -0.39 is 97.2 Å². The highest BCUT2D eigenvalue weighted by Crippen LogP contribution is 2.79. The van der Waals surface area contributed by atoms with Gasteiger partial charge in [-0.2, -0.15) is 13.2 Å². The van der Waals surface area contributed by atoms with Gasteiger partial charge in [0.25, 0.3) is 5.91 Å². The van der Waals surface area contributed by atoms with Gasteiger partial charge >= 0.3 is 18.5 Å². The molecule has 11 rings (SSSR count). The van der Waals surface area contributed by atoms with Crippen molar-refractivity contribution in [3.63, 3.8) is 0 Å². The van der Waals surface area contributed by atoms with Crippen LogP contribution in [0, 0.1) is 44.3 Å². The molecule has 364 valence electrons. The Bertz CT molecular complexity index is 2690. The van der Waals surface area contributed by atoms with E-state index in [2.05, 4.69) is 23.8 Å². The van der Waals surface area contributed by atoms with Crippen molar-refractivity contribution in [1.29, 1.82) is 0 Å². The van der Waals surface area contributed by atoms with Crippen molar-refractivity contribution in [1.82, 2.24) is 4.90 Å². The van der Waals surface area contributed by atoms with E-state index in [-0.39, 0.29) is 54.0 Å². The minimum Gasteiger partial charge on any atom is -0.453 e. The summed E-state index contributed by atoms with van der Waals surface area (Å²) in [5.41, 5.74) is -8.29. The minimum absolute atomic E-state index is 0.000711. The number of ether oxygens (including phenoxy) is 2. The summed E-state index contributed by atoms with van der Waals surface area (Å²) in [6.45, 7) is 9.29. The first-order chi connectivity index (χ1) is 31.6. The predicted molar refractivity (Wildman–Crippen MR) is 236 cm³/mol. The fourth-order valence-electron chi connectivity index (χ4n) is 14.7. The molecule has 7 aliphatic carbocycles. The molecule has 2 heterocycles. The van der Waals surface area contributed by atoms with Gasteiger partial charge in [-0.05, 0) is 130 Å². The van der Waals surface area contributed by atoms with Crippen LogP contribution in [0.5, 0.6) is 5.75 Å². The average molecular weight is 970 g/mol. The van der Waals surface area contributed by atoms with Crippen LogP contribution in [0.4, 0.5) is 26.3 Å². The Morgan fingerprint density at radius 2 is 1.53 bits per heavy atom. The first-order valence-electron chi connectivity index (χ1n) is 23.3. The highest BCUT2D eigenvalue weighted by Gasteiger charge is 2.78. The topological polar surface area (TPSA) is 127 Å². The van der Waals surface area contributed by atoms with Crippen LogP contribution in [0.25, 0.3) is 11.3 Å². The predicted octanol–water partition coefficient (Wildman–Crippen LogP) is 11.4. The molecule has 1 aromatic heterocycles. The van der Waals surface area contributed by atoms with Crippen molar-refractivity contribution < 1.29 is 64.8 Å². The number of carbonyl (C=O) groups excluding carboxylic acids is 3. The van der Waals surface area contributed by atoms with Crippen LogP contribution < -0.4 is 4.74 Å². The Labute approximate surface area is 394 Å². The number of Topliss-reactive ketones (excluding diaryl/α,β-unsaturated/α-hetero) is 1. The van der Waals surface area contributed by atoms with Crippen LogP contribution >= 0.6 is 11.6 Å². The van der Waals surface area contributed by atoms with E-state index in [1.54, 1.807) is 6.92 Å². The second kappa shape index (κ2) is 14.7. The maximum Gasteiger partial charge on any atom is 0.573 e. The number of ketones is 1. The van der Waals surface area contributed by atoms with Crippen LogP contribution in [-0.2, 0) is 27.0 Å². The number of hydrogen-bond acceptors (Lipinski definition) is 8. The van der Waals surface area contributed by atoms with Crippen LogP contribution in [0.2, 0.25) is 5.02 Å². The molecule has 4 bridgehead atoms. The van der Waals surface area contributed by atoms with E-state index in [9.17, 15) is 41.4 Å². The van der Waals surface area contributed by atoms with Gasteiger partial charge in [-0.25, -0.2) is 0 Å². The van der Waals surface area contributed by atoms with Gasteiger partial charge in [0.15, 0.2) is 11.4 Å². The lowest BCUT2D eigenvalue weighted by molar-refractivity contribution is -0.274. The van der Waals surface area contributed by atoms with Crippen LogP contribution in [0.15, 0.2) is 82.8 Å². The van der Waals surface area contributed by atoms with E-state index >= 15 is 9.59 Å². The van der Waals surface area contributed by atoms with Gasteiger partial charge < -0.3 is 29.0 Å². The zero-order valence-corrected chi connectivity index (χ0v) is 39.1. The maximum absolute atomic E-state index is 15.4. The van der Waals surface area contributed by atoms with Crippen molar-refractivity contribution in [2.24, 2.45) is 44.3 Å². The number of esters is 1. The van der Waals surface area contributed by atoms with Crippen molar-refractivity contribution in [3.8, 4) is 17.1 Å². The Morgan fingerprint density at radius 3 is 2.18 bits per heavy atom. The lowest BCUT2D eigenvalue weighted by Crippen LogP contribution is -2.67. The van der Waals surface area contributed by atoms with Crippen molar-refractivity contribution in [2.75, 3.05) is 6.54 Å². The normalized spacial score (nSPS) is 37.5. The molecule has 4 saturated carbocycles. The first kappa shape index (κ1) is 47.1. The lowest BCUT2D eigenvalue weighted by atomic mass is 9.32. The SMILES string of the molecule is CC1(C)[C@@]2(C)CC[C@]1(C(=O)N(Cc1ccc(OC(F)(F)F)cc1)C[C@]1(O)CC[C@H]3[C@]45C=C[C@@]6(C=C4C(=O)c4ccc(-c7cc(C(F)(F)F)ccc7Cl)o4)CC(O)CC[C@]6(C)[C@H]5CC[C@@]31C)OC2=O. The van der Waals surface area contributed by atoms with Gasteiger partial charge in [-0.1, -0.05) is 69.7 Å². The summed E-state index contributed by atoms with van der Waals surface area (Å²) in [5.74, 6) is -2.61. The summed E-state index contributed by atoms with van der Waals surface area (Å²) in [6.07, 6.45) is -0.102. The molecule has 1 saturated heterocycles. The lowest BCUT2D eigenvalue weighted by Gasteiger charge is -2.71. The van der Waals surface area contributed by atoms with Gasteiger partial charge in [0.1, 0.15) is 11.5 Å². The standard InChI is InChI=1S/C52H54ClF6NO8/c1-43(2)46(5)20-23-50(43,68-42(46)64)41(63)60(27-29-6-9-32(10-7-29)67-52(57,58)59)28-48(65)19-16-39-45(48,4)18-15-38-44(3)17-14-31(61)25-47(44)21-22-49(38,39)34(26-47)40(62)37-13-12-36(66-37)33-24-30(51(54,55)56)8-11-35(33)53/h6-13,21-22,24,26,31,38-39,61,65H,14-20,23,25,27-28H2,1-5H3/t31?,38-,39-,44-,45+,46+,47+,48-,49-,50-/m1/s1. The zero-order valence-electron chi connectivity index (χ0n) is 38.4. The number of aliphatic hydroxyl groups is 2. The zero-order chi connectivity index (χ0) is 49.0. The second-order valence-electron chi connectivity index (χ2n) is 22.0. The number of benzene rings is 2. The Balaban J connectivity index is 1.04. The summed E-state index contributed by atoms with van der Waals surface area (Å²) in [5, 5.41) is 24.6. The molecule has 1 amide bonds. The summed E-state index contributed by atoms with van der Waals surface area (Å²) in [4.78, 5) is 45.6. The second-order valence-corrected chi connectivity index (χ2v) is 22.4. The highest BCUT2D eigenvalue weighted by molar-refractivity contribution is 6.33. The number of rotatable bonds is 9. The maximum atomic E-state index is 15.4. The quantitative estimate of drug-likeness (QED) is 0.0940. The van der Waals surface area contributed by atoms with Crippen molar-refractivity contribution in [3.05, 3.63) is 100 Å². The molecule has 10 atom stereocenters. The molecule has 2 spiro atoms. The van der Waals surface area contributed by atoms with Crippen LogP contribution in [0.1, 0.15) is 114 Å². The molecule has 2 aromatic carbocycles. The van der Waals surface area contributed by atoms with Gasteiger partial charge in [-0.15, -0.1) is 13.2 Å². The number of fused-ring (bicyclic) bond motifs is 3. The van der Waals surface area contributed by atoms with Gasteiger partial charge in [-0.3, -0.25) is 14.4 Å². The largest absolute Gasteiger partial charge is 0.573 e. The Hall–Kier alpha value is -4.60. The molecule has 1 unspecified atom stereocenters. The molecule has 3 aromatic rings. The molecule has 68 heavy (non-hydrogen) atoms. The summed E-state index contributed by atoms with van der Waals surface area (Å²) >= 11 is 6.41. The smallest absolute Gasteiger partial charge is 0.453 e. The summed E-state index contributed by atoms with van der Waals surface area (Å²) in [7, 11) is 0. The van der Waals surface area contributed by atoms with Crippen molar-refractivity contribution >= 4 is 29.3 Å². The molecule has 9 nitrogen and oxygen atoms in total. The first-order valence-corrected chi connectivity index (χ1v) is 23.7. The van der Waals surface area contributed by atoms with E-state index in [4.69, 9.17) is 20.8 Å². The summed E-state index contributed by atoms with van der Waals surface area (Å²) < 4.78 is 97.1. The minimum atomic E-state index is -4.92.